The van der Waals surface area contributed by atoms with Crippen LogP contribution in [0.15, 0.2) is 0 Å². The maximum absolute atomic E-state index is 9.45. The summed E-state index contributed by atoms with van der Waals surface area (Å²) in [6.07, 6.45) is 1.42. The van der Waals surface area contributed by atoms with E-state index in [9.17, 15) is 5.11 Å². The monoisotopic (exact) mass is 238 g/mol. The van der Waals surface area contributed by atoms with Gasteiger partial charge in [0.15, 0.2) is 0 Å². The lowest BCUT2D eigenvalue weighted by atomic mass is 9.99. The molecule has 1 nitrogen and oxygen atoms in total. The van der Waals surface area contributed by atoms with Gasteiger partial charge in [-0.3, -0.25) is 0 Å². The Balaban J connectivity index is 4.03. The normalized spacial score (nSPS) is 10.2. The van der Waals surface area contributed by atoms with Crippen molar-refractivity contribution < 1.29 is 5.11 Å². The molecule has 0 saturated heterocycles. The summed E-state index contributed by atoms with van der Waals surface area (Å²) in [6.45, 7) is 3.87. The van der Waals surface area contributed by atoms with E-state index >= 15 is 0 Å². The van der Waals surface area contributed by atoms with Crippen molar-refractivity contribution in [3.8, 4) is 9.85 Å². The van der Waals surface area contributed by atoms with Crippen molar-refractivity contribution in [1.29, 1.82) is 0 Å². The first kappa shape index (κ1) is 9.25. The molecule has 2 heteroatoms. The standard InChI is InChI=1S/C7H11IO/c1-3-7(9,4-2)5-6-8/h9H,3-4H2,1-2H3. The number of aliphatic hydroxyl groups is 1. The summed E-state index contributed by atoms with van der Waals surface area (Å²) in [5, 5.41) is 9.45. The molecule has 0 spiro atoms. The number of hydrogen-bond donors (Lipinski definition) is 1. The van der Waals surface area contributed by atoms with Crippen molar-refractivity contribution in [1.82, 2.24) is 0 Å². The van der Waals surface area contributed by atoms with Crippen molar-refractivity contribution in [2.75, 3.05) is 0 Å². The molecule has 0 rings (SSSR count). The first-order valence-electron chi connectivity index (χ1n) is 3.03. The van der Waals surface area contributed by atoms with Crippen LogP contribution in [0.2, 0.25) is 0 Å². The molecule has 0 aromatic rings. The van der Waals surface area contributed by atoms with E-state index in [-0.39, 0.29) is 0 Å². The van der Waals surface area contributed by atoms with Gasteiger partial charge in [-0.05, 0) is 16.8 Å². The molecule has 0 radical (unpaired) electrons. The zero-order valence-corrected chi connectivity index (χ0v) is 7.90. The summed E-state index contributed by atoms with van der Waals surface area (Å²) in [5.74, 6) is 2.75. The van der Waals surface area contributed by atoms with Crippen LogP contribution in [-0.4, -0.2) is 10.7 Å². The van der Waals surface area contributed by atoms with Gasteiger partial charge in [-0.25, -0.2) is 0 Å². The van der Waals surface area contributed by atoms with E-state index in [1.54, 1.807) is 0 Å². The molecule has 0 bridgehead atoms. The van der Waals surface area contributed by atoms with Crippen LogP contribution < -0.4 is 0 Å². The van der Waals surface area contributed by atoms with Gasteiger partial charge in [0.25, 0.3) is 0 Å². The van der Waals surface area contributed by atoms with Crippen molar-refractivity contribution >= 4 is 22.6 Å². The van der Waals surface area contributed by atoms with Gasteiger partial charge >= 0.3 is 0 Å². The molecule has 9 heavy (non-hydrogen) atoms. The zero-order valence-electron chi connectivity index (χ0n) is 5.74. The average molecular weight is 238 g/mol. The first-order valence-corrected chi connectivity index (χ1v) is 4.11. The highest BCUT2D eigenvalue weighted by Gasteiger charge is 2.17. The van der Waals surface area contributed by atoms with Crippen molar-refractivity contribution in [3.63, 3.8) is 0 Å². The predicted molar refractivity (Wildman–Crippen MR) is 47.3 cm³/mol. The third kappa shape index (κ3) is 3.07. The van der Waals surface area contributed by atoms with Gasteiger partial charge in [-0.15, -0.1) is 0 Å². The highest BCUT2D eigenvalue weighted by atomic mass is 127. The Morgan fingerprint density at radius 3 is 2.00 bits per heavy atom. The number of halogens is 1. The van der Waals surface area contributed by atoms with E-state index in [0.29, 0.717) is 12.8 Å². The van der Waals surface area contributed by atoms with Gasteiger partial charge in [-0.2, -0.15) is 0 Å². The molecule has 0 fully saturated rings. The van der Waals surface area contributed by atoms with Gasteiger partial charge in [0.2, 0.25) is 0 Å². The summed E-state index contributed by atoms with van der Waals surface area (Å²) in [4.78, 5) is 0. The van der Waals surface area contributed by atoms with E-state index in [2.05, 4.69) is 9.85 Å². The molecule has 0 aromatic carbocycles. The number of hydrogen-bond acceptors (Lipinski definition) is 1. The summed E-state index contributed by atoms with van der Waals surface area (Å²) < 4.78 is 2.68. The second-order valence-electron chi connectivity index (χ2n) is 1.96. The number of rotatable bonds is 2. The SMILES string of the molecule is CCC(O)(C#CI)CC. The molecule has 1 N–H and O–H groups in total. The Hall–Kier alpha value is 0.250. The van der Waals surface area contributed by atoms with Crippen LogP contribution >= 0.6 is 22.6 Å². The van der Waals surface area contributed by atoms with E-state index in [1.807, 2.05) is 36.4 Å². The molecular formula is C7H11IO. The molecule has 0 aliphatic carbocycles. The zero-order chi connectivity index (χ0) is 7.33. The highest BCUT2D eigenvalue weighted by molar-refractivity contribution is 14.1. The summed E-state index contributed by atoms with van der Waals surface area (Å²) in [6, 6.07) is 0. The minimum Gasteiger partial charge on any atom is -0.378 e. The molecule has 0 unspecified atom stereocenters. The minimum absolute atomic E-state index is 0.708. The molecule has 52 valence electrons. The van der Waals surface area contributed by atoms with E-state index in [4.69, 9.17) is 0 Å². The van der Waals surface area contributed by atoms with Crippen LogP contribution in [0.4, 0.5) is 0 Å². The predicted octanol–water partition coefficient (Wildman–Crippen LogP) is 1.93. The van der Waals surface area contributed by atoms with Crippen LogP contribution in [0.5, 0.6) is 0 Å². The Labute approximate surface area is 70.0 Å². The van der Waals surface area contributed by atoms with Crippen LogP contribution in [0, 0.1) is 9.85 Å². The van der Waals surface area contributed by atoms with E-state index < -0.39 is 5.60 Å². The second-order valence-corrected chi connectivity index (χ2v) is 2.50. The molecule has 0 atom stereocenters. The fourth-order valence-electron chi connectivity index (χ4n) is 0.515. The lowest BCUT2D eigenvalue weighted by Gasteiger charge is -2.16. The second kappa shape index (κ2) is 4.13. The third-order valence-corrected chi connectivity index (χ3v) is 1.72. The Morgan fingerprint density at radius 1 is 1.44 bits per heavy atom. The molecule has 0 aromatic heterocycles. The van der Waals surface area contributed by atoms with Crippen LogP contribution in [-0.2, 0) is 0 Å². The van der Waals surface area contributed by atoms with E-state index in [0.717, 1.165) is 0 Å². The van der Waals surface area contributed by atoms with Crippen LogP contribution in [0.1, 0.15) is 26.7 Å². The Kier molecular flexibility index (Phi) is 4.24. The quantitative estimate of drug-likeness (QED) is 0.575. The molecule has 0 aliphatic heterocycles. The highest BCUT2D eigenvalue weighted by Crippen LogP contribution is 2.12. The largest absolute Gasteiger partial charge is 0.378 e. The van der Waals surface area contributed by atoms with Gasteiger partial charge in [-0.1, -0.05) is 19.8 Å². The topological polar surface area (TPSA) is 20.2 Å². The molecular weight excluding hydrogens is 227 g/mol. The van der Waals surface area contributed by atoms with E-state index in [1.165, 1.54) is 0 Å². The lowest BCUT2D eigenvalue weighted by Crippen LogP contribution is -2.23. The Morgan fingerprint density at radius 2 is 1.89 bits per heavy atom. The first-order chi connectivity index (χ1) is 4.18. The molecule has 0 aliphatic rings. The molecule has 0 amide bonds. The summed E-state index contributed by atoms with van der Waals surface area (Å²) >= 11 is 1.94. The van der Waals surface area contributed by atoms with Gasteiger partial charge in [0.1, 0.15) is 5.60 Å². The van der Waals surface area contributed by atoms with Crippen LogP contribution in [0.3, 0.4) is 0 Å². The van der Waals surface area contributed by atoms with Crippen molar-refractivity contribution in [3.05, 3.63) is 0 Å². The smallest absolute Gasteiger partial charge is 0.125 e. The fourth-order valence-corrected chi connectivity index (χ4v) is 1.02. The summed E-state index contributed by atoms with van der Waals surface area (Å²) in [5.41, 5.74) is -0.735. The van der Waals surface area contributed by atoms with Gasteiger partial charge < -0.3 is 5.11 Å². The molecule has 0 heterocycles. The van der Waals surface area contributed by atoms with Crippen molar-refractivity contribution in [2.45, 2.75) is 32.3 Å². The maximum Gasteiger partial charge on any atom is 0.125 e. The maximum atomic E-state index is 9.45. The molecule has 0 saturated carbocycles. The van der Waals surface area contributed by atoms with Crippen LogP contribution in [0.25, 0.3) is 0 Å². The fraction of sp³-hybridized carbons (Fsp3) is 0.714. The third-order valence-electron chi connectivity index (χ3n) is 1.45. The van der Waals surface area contributed by atoms with Crippen molar-refractivity contribution in [2.24, 2.45) is 0 Å². The average Bonchev–Trinajstić information content (AvgIpc) is 1.89. The van der Waals surface area contributed by atoms with Gasteiger partial charge in [0, 0.05) is 22.6 Å². The van der Waals surface area contributed by atoms with Gasteiger partial charge in [0.05, 0.1) is 0 Å². The Bertz CT molecular complexity index is 128. The minimum atomic E-state index is -0.735. The summed E-state index contributed by atoms with van der Waals surface area (Å²) in [7, 11) is 0. The lowest BCUT2D eigenvalue weighted by molar-refractivity contribution is 0.0932.